The van der Waals surface area contributed by atoms with Gasteiger partial charge in [0.05, 0.1) is 18.9 Å². The van der Waals surface area contributed by atoms with Crippen molar-refractivity contribution < 1.29 is 9.84 Å². The van der Waals surface area contributed by atoms with Crippen LogP contribution >= 0.6 is 0 Å². The minimum absolute atomic E-state index is 0.229. The second kappa shape index (κ2) is 4.77. The van der Waals surface area contributed by atoms with E-state index in [1.54, 1.807) is 4.68 Å². The van der Waals surface area contributed by atoms with E-state index in [1.165, 1.54) is 5.56 Å². The van der Waals surface area contributed by atoms with Crippen molar-refractivity contribution in [3.8, 4) is 0 Å². The van der Waals surface area contributed by atoms with Gasteiger partial charge in [-0.15, -0.1) is 0 Å². The lowest BCUT2D eigenvalue weighted by Crippen LogP contribution is -2.21. The fraction of sp³-hybridized carbons (Fsp3) is 0.727. The quantitative estimate of drug-likeness (QED) is 0.797. The SMILES string of the molecule is Cn1cc(CCC(O)C2CCOC2)cn1. The molecule has 2 heterocycles. The van der Waals surface area contributed by atoms with Gasteiger partial charge in [-0.25, -0.2) is 0 Å². The van der Waals surface area contributed by atoms with Crippen molar-refractivity contribution >= 4 is 0 Å². The predicted molar refractivity (Wildman–Crippen MR) is 56.5 cm³/mol. The summed E-state index contributed by atoms with van der Waals surface area (Å²) in [6, 6.07) is 0. The monoisotopic (exact) mass is 210 g/mol. The number of ether oxygens (including phenoxy) is 1. The molecule has 15 heavy (non-hydrogen) atoms. The van der Waals surface area contributed by atoms with E-state index in [0.29, 0.717) is 12.5 Å². The van der Waals surface area contributed by atoms with Gasteiger partial charge in [-0.05, 0) is 24.8 Å². The molecule has 2 rings (SSSR count). The Morgan fingerprint density at radius 3 is 3.20 bits per heavy atom. The van der Waals surface area contributed by atoms with Gasteiger partial charge in [-0.3, -0.25) is 4.68 Å². The average molecular weight is 210 g/mol. The van der Waals surface area contributed by atoms with E-state index in [-0.39, 0.29) is 6.10 Å². The number of rotatable bonds is 4. The summed E-state index contributed by atoms with van der Waals surface area (Å²) < 4.78 is 7.05. The molecule has 1 aromatic rings. The Labute approximate surface area is 89.9 Å². The van der Waals surface area contributed by atoms with Crippen LogP contribution in [0.2, 0.25) is 0 Å². The maximum absolute atomic E-state index is 9.91. The van der Waals surface area contributed by atoms with Crippen molar-refractivity contribution in [3.63, 3.8) is 0 Å². The van der Waals surface area contributed by atoms with Gasteiger partial charge in [0.2, 0.25) is 0 Å². The van der Waals surface area contributed by atoms with Crippen LogP contribution in [0.4, 0.5) is 0 Å². The molecule has 0 bridgehead atoms. The second-order valence-corrected chi connectivity index (χ2v) is 4.25. The molecule has 84 valence electrons. The molecule has 4 heteroatoms. The summed E-state index contributed by atoms with van der Waals surface area (Å²) in [6.45, 7) is 1.52. The predicted octanol–water partition coefficient (Wildman–Crippen LogP) is 0.750. The first-order valence-electron chi connectivity index (χ1n) is 5.49. The second-order valence-electron chi connectivity index (χ2n) is 4.25. The molecule has 1 aliphatic rings. The number of hydrogen-bond donors (Lipinski definition) is 1. The fourth-order valence-electron chi connectivity index (χ4n) is 2.01. The van der Waals surface area contributed by atoms with Crippen LogP contribution in [0.15, 0.2) is 12.4 Å². The van der Waals surface area contributed by atoms with E-state index in [0.717, 1.165) is 25.9 Å². The lowest BCUT2D eigenvalue weighted by atomic mass is 9.97. The lowest BCUT2D eigenvalue weighted by molar-refractivity contribution is 0.0850. The fourth-order valence-corrected chi connectivity index (χ4v) is 2.01. The van der Waals surface area contributed by atoms with E-state index >= 15 is 0 Å². The Bertz CT molecular complexity index is 305. The zero-order chi connectivity index (χ0) is 10.7. The summed E-state index contributed by atoms with van der Waals surface area (Å²) in [4.78, 5) is 0. The topological polar surface area (TPSA) is 47.3 Å². The van der Waals surface area contributed by atoms with Gasteiger partial charge in [0.15, 0.2) is 0 Å². The molecular weight excluding hydrogens is 192 g/mol. The molecular formula is C11H18N2O2. The van der Waals surface area contributed by atoms with Crippen LogP contribution in [0.25, 0.3) is 0 Å². The third-order valence-corrected chi connectivity index (χ3v) is 3.00. The summed E-state index contributed by atoms with van der Waals surface area (Å²) in [5.74, 6) is 0.335. The van der Waals surface area contributed by atoms with Gasteiger partial charge in [0.1, 0.15) is 0 Å². The zero-order valence-corrected chi connectivity index (χ0v) is 9.09. The maximum atomic E-state index is 9.91. The van der Waals surface area contributed by atoms with Gasteiger partial charge < -0.3 is 9.84 Å². The lowest BCUT2D eigenvalue weighted by Gasteiger charge is -2.15. The molecule has 0 radical (unpaired) electrons. The molecule has 0 saturated carbocycles. The third kappa shape index (κ3) is 2.79. The average Bonchev–Trinajstić information content (AvgIpc) is 2.84. The van der Waals surface area contributed by atoms with Gasteiger partial charge >= 0.3 is 0 Å². The highest BCUT2D eigenvalue weighted by Gasteiger charge is 2.23. The highest BCUT2D eigenvalue weighted by molar-refractivity contribution is 5.03. The van der Waals surface area contributed by atoms with Crippen LogP contribution in [0.3, 0.4) is 0 Å². The zero-order valence-electron chi connectivity index (χ0n) is 9.09. The molecule has 2 unspecified atom stereocenters. The minimum atomic E-state index is -0.229. The molecule has 1 saturated heterocycles. The first-order valence-corrected chi connectivity index (χ1v) is 5.49. The summed E-state index contributed by atoms with van der Waals surface area (Å²) in [5.41, 5.74) is 1.19. The molecule has 2 atom stereocenters. The largest absolute Gasteiger partial charge is 0.393 e. The van der Waals surface area contributed by atoms with Gasteiger partial charge in [0.25, 0.3) is 0 Å². The Morgan fingerprint density at radius 1 is 1.73 bits per heavy atom. The van der Waals surface area contributed by atoms with Crippen molar-refractivity contribution in [3.05, 3.63) is 18.0 Å². The highest BCUT2D eigenvalue weighted by Crippen LogP contribution is 2.20. The van der Waals surface area contributed by atoms with Crippen LogP contribution in [0, 0.1) is 5.92 Å². The van der Waals surface area contributed by atoms with E-state index in [1.807, 2.05) is 19.4 Å². The third-order valence-electron chi connectivity index (χ3n) is 3.00. The van der Waals surface area contributed by atoms with Gasteiger partial charge in [-0.2, -0.15) is 5.10 Å². The molecule has 0 aromatic carbocycles. The summed E-state index contributed by atoms with van der Waals surface area (Å²) in [6.07, 6.45) is 6.32. The first kappa shape index (κ1) is 10.6. The Morgan fingerprint density at radius 2 is 2.60 bits per heavy atom. The number of aryl methyl sites for hydroxylation is 2. The number of hydrogen-bond acceptors (Lipinski definition) is 3. The van der Waals surface area contributed by atoms with Crippen LogP contribution in [0.1, 0.15) is 18.4 Å². The van der Waals surface area contributed by atoms with Crippen molar-refractivity contribution in [1.82, 2.24) is 9.78 Å². The summed E-state index contributed by atoms with van der Waals surface area (Å²) >= 11 is 0. The van der Waals surface area contributed by atoms with Crippen LogP contribution in [-0.4, -0.2) is 34.2 Å². The normalized spacial score (nSPS) is 23.2. The maximum Gasteiger partial charge on any atom is 0.0594 e. The first-order chi connectivity index (χ1) is 7.25. The smallest absolute Gasteiger partial charge is 0.0594 e. The standard InChI is InChI=1S/C11H18N2O2/c1-13-7-9(6-12-13)2-3-11(14)10-4-5-15-8-10/h6-7,10-11,14H,2-5,8H2,1H3. The minimum Gasteiger partial charge on any atom is -0.393 e. The molecule has 1 aliphatic heterocycles. The Hall–Kier alpha value is -0.870. The molecule has 0 amide bonds. The van der Waals surface area contributed by atoms with Gasteiger partial charge in [-0.1, -0.05) is 0 Å². The number of aromatic nitrogens is 2. The highest BCUT2D eigenvalue weighted by atomic mass is 16.5. The number of nitrogens with zero attached hydrogens (tertiary/aromatic N) is 2. The van der Waals surface area contributed by atoms with Crippen LogP contribution in [-0.2, 0) is 18.2 Å². The molecule has 4 nitrogen and oxygen atoms in total. The molecule has 1 N–H and O–H groups in total. The van der Waals surface area contributed by atoms with E-state index in [9.17, 15) is 5.11 Å². The van der Waals surface area contributed by atoms with Gasteiger partial charge in [0, 0.05) is 25.8 Å². The van der Waals surface area contributed by atoms with Crippen LogP contribution < -0.4 is 0 Å². The van der Waals surface area contributed by atoms with Crippen LogP contribution in [0.5, 0.6) is 0 Å². The van der Waals surface area contributed by atoms with E-state index < -0.39 is 0 Å². The Kier molecular flexibility index (Phi) is 3.38. The van der Waals surface area contributed by atoms with Crippen molar-refractivity contribution in [1.29, 1.82) is 0 Å². The van der Waals surface area contributed by atoms with E-state index in [2.05, 4.69) is 5.10 Å². The number of aliphatic hydroxyl groups excluding tert-OH is 1. The van der Waals surface area contributed by atoms with Crippen molar-refractivity contribution in [2.75, 3.05) is 13.2 Å². The number of aliphatic hydroxyl groups is 1. The van der Waals surface area contributed by atoms with E-state index in [4.69, 9.17) is 4.74 Å². The summed E-state index contributed by atoms with van der Waals surface area (Å²) in [7, 11) is 1.91. The van der Waals surface area contributed by atoms with Crippen molar-refractivity contribution in [2.45, 2.75) is 25.4 Å². The molecule has 0 aliphatic carbocycles. The van der Waals surface area contributed by atoms with Crippen molar-refractivity contribution in [2.24, 2.45) is 13.0 Å². The Balaban J connectivity index is 1.77. The molecule has 1 fully saturated rings. The molecule has 1 aromatic heterocycles. The summed E-state index contributed by atoms with van der Waals surface area (Å²) in [5, 5.41) is 14.0. The molecule has 0 spiro atoms.